The second-order valence-corrected chi connectivity index (χ2v) is 7.92. The van der Waals surface area contributed by atoms with Gasteiger partial charge in [-0.15, -0.1) is 34.9 Å². The minimum Gasteiger partial charge on any atom is -0.285 e. The highest BCUT2D eigenvalue weighted by molar-refractivity contribution is 8.38. The van der Waals surface area contributed by atoms with E-state index in [-0.39, 0.29) is 5.56 Å². The van der Waals surface area contributed by atoms with E-state index in [0.717, 1.165) is 15.8 Å². The molecule has 0 atom stereocenters. The average molecular weight is 391 g/mol. The van der Waals surface area contributed by atoms with Crippen molar-refractivity contribution in [3.8, 4) is 16.9 Å². The van der Waals surface area contributed by atoms with Crippen LogP contribution in [0.2, 0.25) is 0 Å². The quantitative estimate of drug-likeness (QED) is 0.494. The number of para-hydroxylation sites is 1. The van der Waals surface area contributed by atoms with E-state index in [1.54, 1.807) is 28.2 Å². The zero-order chi connectivity index (χ0) is 18.0. The van der Waals surface area contributed by atoms with Gasteiger partial charge in [0, 0.05) is 18.1 Å². The molecule has 25 heavy (non-hydrogen) atoms. The number of aliphatic imine (C=N–C) groups is 1. The Hall–Kier alpha value is -1.77. The summed E-state index contributed by atoms with van der Waals surface area (Å²) in [5, 5.41) is 2.57. The number of hydrogen-bond donors (Lipinski definition) is 0. The van der Waals surface area contributed by atoms with Crippen LogP contribution in [-0.2, 0) is 7.05 Å². The predicted octanol–water partition coefficient (Wildman–Crippen LogP) is 4.32. The maximum absolute atomic E-state index is 13.0. The van der Waals surface area contributed by atoms with Crippen LogP contribution in [0.3, 0.4) is 0 Å². The molecule has 0 saturated carbocycles. The molecule has 130 valence electrons. The fourth-order valence-corrected chi connectivity index (χ4v) is 4.37. The molecule has 1 aromatic carbocycles. The number of thiazole rings is 1. The van der Waals surface area contributed by atoms with Crippen molar-refractivity contribution in [2.24, 2.45) is 12.0 Å². The Balaban J connectivity index is 2.10. The van der Waals surface area contributed by atoms with Crippen molar-refractivity contribution >= 4 is 44.4 Å². The van der Waals surface area contributed by atoms with Crippen LogP contribution in [0.25, 0.3) is 16.9 Å². The van der Waals surface area contributed by atoms with Crippen LogP contribution in [-0.4, -0.2) is 31.2 Å². The minimum atomic E-state index is -0.0676. The molecule has 0 saturated heterocycles. The first-order valence-electron chi connectivity index (χ1n) is 7.53. The van der Waals surface area contributed by atoms with Crippen LogP contribution in [0.1, 0.15) is 5.69 Å². The first-order valence-corrected chi connectivity index (χ1v) is 10.9. The monoisotopic (exact) mass is 390 g/mol. The molecule has 8 heteroatoms. The van der Waals surface area contributed by atoms with Crippen molar-refractivity contribution in [1.82, 2.24) is 14.3 Å². The molecule has 0 spiro atoms. The molecule has 0 aliphatic carbocycles. The molecule has 0 amide bonds. The van der Waals surface area contributed by atoms with Gasteiger partial charge in [0.1, 0.15) is 4.38 Å². The van der Waals surface area contributed by atoms with Gasteiger partial charge in [-0.05, 0) is 31.6 Å². The van der Waals surface area contributed by atoms with Gasteiger partial charge < -0.3 is 0 Å². The van der Waals surface area contributed by atoms with Gasteiger partial charge in [-0.3, -0.25) is 9.48 Å². The van der Waals surface area contributed by atoms with E-state index in [1.165, 1.54) is 11.3 Å². The summed E-state index contributed by atoms with van der Waals surface area (Å²) >= 11 is 4.63. The lowest BCUT2D eigenvalue weighted by atomic mass is 10.2. The Kier molecular flexibility index (Phi) is 5.51. The summed E-state index contributed by atoms with van der Waals surface area (Å²) in [5.74, 6) is 0. The normalized spacial score (nSPS) is 10.9. The molecule has 3 rings (SSSR count). The summed E-state index contributed by atoms with van der Waals surface area (Å²) in [5.41, 5.74) is 2.95. The SMILES string of the molecule is CSC(=Nc1nc(-c2c(C)n(C)n(-c3ccccc3)c2=O)cs1)SC. The van der Waals surface area contributed by atoms with Crippen molar-refractivity contribution in [3.63, 3.8) is 0 Å². The molecular formula is C17H18N4OS3. The number of hydrogen-bond acceptors (Lipinski definition) is 6. The third-order valence-corrected chi connectivity index (χ3v) is 6.45. The van der Waals surface area contributed by atoms with Gasteiger partial charge in [-0.25, -0.2) is 14.7 Å². The van der Waals surface area contributed by atoms with E-state index < -0.39 is 0 Å². The summed E-state index contributed by atoms with van der Waals surface area (Å²) in [4.78, 5) is 22.1. The van der Waals surface area contributed by atoms with Crippen LogP contribution >= 0.6 is 34.9 Å². The first kappa shape index (κ1) is 18.0. The zero-order valence-electron chi connectivity index (χ0n) is 14.4. The number of nitrogens with zero attached hydrogens (tertiary/aromatic N) is 4. The molecule has 3 aromatic rings. The lowest BCUT2D eigenvalue weighted by molar-refractivity contribution is 0.630. The summed E-state index contributed by atoms with van der Waals surface area (Å²) in [6, 6.07) is 9.62. The van der Waals surface area contributed by atoms with Crippen molar-refractivity contribution < 1.29 is 0 Å². The van der Waals surface area contributed by atoms with Crippen LogP contribution in [0, 0.1) is 6.92 Å². The maximum atomic E-state index is 13.0. The van der Waals surface area contributed by atoms with Gasteiger partial charge in [0.2, 0.25) is 5.13 Å². The molecule has 2 heterocycles. The van der Waals surface area contributed by atoms with Crippen molar-refractivity contribution in [3.05, 3.63) is 51.8 Å². The maximum Gasteiger partial charge on any atom is 0.281 e. The Morgan fingerprint density at radius 1 is 1.20 bits per heavy atom. The Labute approximate surface area is 158 Å². The minimum absolute atomic E-state index is 0.0676. The molecule has 5 nitrogen and oxygen atoms in total. The molecule has 0 unspecified atom stereocenters. The zero-order valence-corrected chi connectivity index (χ0v) is 16.8. The molecule has 0 fully saturated rings. The smallest absolute Gasteiger partial charge is 0.281 e. The highest BCUT2D eigenvalue weighted by Gasteiger charge is 2.19. The summed E-state index contributed by atoms with van der Waals surface area (Å²) in [6.45, 7) is 1.94. The topological polar surface area (TPSA) is 52.2 Å². The Morgan fingerprint density at radius 3 is 2.52 bits per heavy atom. The third kappa shape index (κ3) is 3.47. The highest BCUT2D eigenvalue weighted by atomic mass is 32.2. The van der Waals surface area contributed by atoms with Gasteiger partial charge in [0.25, 0.3) is 5.56 Å². The van der Waals surface area contributed by atoms with Crippen LogP contribution in [0.4, 0.5) is 5.13 Å². The predicted molar refractivity (Wildman–Crippen MR) is 111 cm³/mol. The lowest BCUT2D eigenvalue weighted by Crippen LogP contribution is -2.20. The number of benzene rings is 1. The molecular weight excluding hydrogens is 372 g/mol. The number of rotatable bonds is 3. The van der Waals surface area contributed by atoms with E-state index in [2.05, 4.69) is 9.98 Å². The van der Waals surface area contributed by atoms with Gasteiger partial charge in [-0.2, -0.15) is 0 Å². The number of aromatic nitrogens is 3. The third-order valence-electron chi connectivity index (χ3n) is 3.84. The Morgan fingerprint density at radius 2 is 1.88 bits per heavy atom. The molecule has 0 aliphatic rings. The molecule has 0 aliphatic heterocycles. The first-order chi connectivity index (χ1) is 12.1. The molecule has 0 radical (unpaired) electrons. The number of thioether (sulfide) groups is 2. The largest absolute Gasteiger partial charge is 0.285 e. The fourth-order valence-electron chi connectivity index (χ4n) is 2.55. The molecule has 2 aromatic heterocycles. The van der Waals surface area contributed by atoms with Crippen molar-refractivity contribution in [1.29, 1.82) is 0 Å². The van der Waals surface area contributed by atoms with E-state index >= 15 is 0 Å². The van der Waals surface area contributed by atoms with E-state index in [0.29, 0.717) is 16.4 Å². The second kappa shape index (κ2) is 7.63. The van der Waals surface area contributed by atoms with E-state index in [9.17, 15) is 4.79 Å². The van der Waals surface area contributed by atoms with Gasteiger partial charge in [0.05, 0.1) is 16.9 Å². The van der Waals surface area contributed by atoms with Crippen LogP contribution in [0.5, 0.6) is 0 Å². The molecule has 0 N–H and O–H groups in total. The van der Waals surface area contributed by atoms with Crippen LogP contribution < -0.4 is 5.56 Å². The van der Waals surface area contributed by atoms with Gasteiger partial charge in [0.15, 0.2) is 0 Å². The van der Waals surface area contributed by atoms with Crippen molar-refractivity contribution in [2.75, 3.05) is 12.5 Å². The summed E-state index contributed by atoms with van der Waals surface area (Å²) in [6.07, 6.45) is 3.98. The Bertz CT molecular complexity index is 964. The standard InChI is InChI=1S/C17H18N4OS3/c1-11-14(13-10-25-16(18-13)19-17(23-3)24-4)15(22)21(20(11)2)12-8-6-5-7-9-12/h5-10H,1-4H3. The van der Waals surface area contributed by atoms with Crippen molar-refractivity contribution in [2.45, 2.75) is 6.92 Å². The average Bonchev–Trinajstić information content (AvgIpc) is 3.16. The second-order valence-electron chi connectivity index (χ2n) is 5.24. The van der Waals surface area contributed by atoms with E-state index in [4.69, 9.17) is 0 Å². The fraction of sp³-hybridized carbons (Fsp3) is 0.235. The highest BCUT2D eigenvalue weighted by Crippen LogP contribution is 2.29. The van der Waals surface area contributed by atoms with Crippen LogP contribution in [0.15, 0.2) is 45.5 Å². The summed E-state index contributed by atoms with van der Waals surface area (Å²) in [7, 11) is 1.89. The van der Waals surface area contributed by atoms with Gasteiger partial charge in [-0.1, -0.05) is 18.2 Å². The molecule has 0 bridgehead atoms. The van der Waals surface area contributed by atoms with E-state index in [1.807, 2.05) is 66.9 Å². The summed E-state index contributed by atoms with van der Waals surface area (Å²) < 4.78 is 4.49. The van der Waals surface area contributed by atoms with Gasteiger partial charge >= 0.3 is 0 Å². The lowest BCUT2D eigenvalue weighted by Gasteiger charge is -2.07.